The van der Waals surface area contributed by atoms with E-state index in [4.69, 9.17) is 0 Å². The summed E-state index contributed by atoms with van der Waals surface area (Å²) in [6.07, 6.45) is 1.29. The zero-order valence-corrected chi connectivity index (χ0v) is 8.65. The molecule has 11 heavy (non-hydrogen) atoms. The summed E-state index contributed by atoms with van der Waals surface area (Å²) < 4.78 is 0. The number of hydrogen-bond acceptors (Lipinski definition) is 1. The zero-order valence-electron chi connectivity index (χ0n) is 8.65. The molecular formula is C9H22BN. The van der Waals surface area contributed by atoms with Gasteiger partial charge in [0.1, 0.15) is 0 Å². The van der Waals surface area contributed by atoms with E-state index in [1.54, 1.807) is 0 Å². The Kier molecular flexibility index (Phi) is 5.66. The normalized spacial score (nSPS) is 11.2. The topological polar surface area (TPSA) is 12.0 Å². The first-order valence-corrected chi connectivity index (χ1v) is 4.77. The van der Waals surface area contributed by atoms with Gasteiger partial charge < -0.3 is 5.23 Å². The van der Waals surface area contributed by atoms with E-state index in [0.717, 1.165) is 18.3 Å². The molecule has 1 nitrogen and oxygen atoms in total. The van der Waals surface area contributed by atoms with Gasteiger partial charge in [-0.25, -0.2) is 0 Å². The molecule has 0 atom stereocenters. The molecule has 0 radical (unpaired) electrons. The largest absolute Gasteiger partial charge is 0.356 e. The monoisotopic (exact) mass is 155 g/mol. The van der Waals surface area contributed by atoms with Gasteiger partial charge in [0, 0.05) is 0 Å². The van der Waals surface area contributed by atoms with Crippen molar-refractivity contribution in [1.82, 2.24) is 5.23 Å². The fraction of sp³-hybridized carbons (Fsp3) is 1.00. The second-order valence-electron chi connectivity index (χ2n) is 4.17. The first-order chi connectivity index (χ1) is 5.04. The summed E-state index contributed by atoms with van der Waals surface area (Å²) in [5, 5.41) is 3.51. The summed E-state index contributed by atoms with van der Waals surface area (Å²) in [6.45, 7) is 13.1. The molecule has 0 fully saturated rings. The van der Waals surface area contributed by atoms with Gasteiger partial charge in [0.05, 0.1) is 0 Å². The number of rotatable bonds is 5. The molecule has 0 aliphatic carbocycles. The van der Waals surface area contributed by atoms with Crippen LogP contribution in [-0.4, -0.2) is 13.4 Å². The Morgan fingerprint density at radius 2 is 1.73 bits per heavy atom. The molecule has 0 aliphatic heterocycles. The third-order valence-corrected chi connectivity index (χ3v) is 2.19. The van der Waals surface area contributed by atoms with E-state index in [0.29, 0.717) is 6.85 Å². The third kappa shape index (κ3) is 6.42. The minimum absolute atomic E-state index is 0.661. The van der Waals surface area contributed by atoms with Crippen molar-refractivity contribution in [2.75, 3.05) is 6.54 Å². The molecular weight excluding hydrogens is 133 g/mol. The van der Waals surface area contributed by atoms with Gasteiger partial charge in [0.2, 0.25) is 6.85 Å². The SMILES string of the molecule is CB(NCCC(C)C)C(C)C. The molecule has 0 bridgehead atoms. The molecule has 0 heterocycles. The van der Waals surface area contributed by atoms with E-state index < -0.39 is 0 Å². The van der Waals surface area contributed by atoms with Gasteiger partial charge in [-0.3, -0.25) is 0 Å². The highest BCUT2D eigenvalue weighted by atomic mass is 14.8. The number of hydrogen-bond donors (Lipinski definition) is 1. The van der Waals surface area contributed by atoms with Crippen LogP contribution in [0.1, 0.15) is 34.1 Å². The van der Waals surface area contributed by atoms with Crippen LogP contribution in [0, 0.1) is 5.92 Å². The second-order valence-corrected chi connectivity index (χ2v) is 4.17. The van der Waals surface area contributed by atoms with Gasteiger partial charge in [-0.2, -0.15) is 0 Å². The highest BCUT2D eigenvalue weighted by molar-refractivity contribution is 6.55. The van der Waals surface area contributed by atoms with Crippen molar-refractivity contribution in [3.05, 3.63) is 0 Å². The van der Waals surface area contributed by atoms with Gasteiger partial charge in [0.15, 0.2) is 0 Å². The van der Waals surface area contributed by atoms with Gasteiger partial charge in [0.25, 0.3) is 0 Å². The predicted molar refractivity (Wildman–Crippen MR) is 54.2 cm³/mol. The molecule has 0 unspecified atom stereocenters. The van der Waals surface area contributed by atoms with Crippen LogP contribution in [0.25, 0.3) is 0 Å². The summed E-state index contributed by atoms with van der Waals surface area (Å²) in [7, 11) is 0. The van der Waals surface area contributed by atoms with Gasteiger partial charge in [-0.15, -0.1) is 0 Å². The molecule has 66 valence electrons. The summed E-state index contributed by atoms with van der Waals surface area (Å²) in [6, 6.07) is 0. The Balaban J connectivity index is 3.24. The van der Waals surface area contributed by atoms with Crippen LogP contribution in [0.3, 0.4) is 0 Å². The van der Waals surface area contributed by atoms with E-state index in [9.17, 15) is 0 Å². The van der Waals surface area contributed by atoms with E-state index in [-0.39, 0.29) is 0 Å². The highest BCUT2D eigenvalue weighted by Crippen LogP contribution is 2.04. The Bertz CT molecular complexity index is 91.6. The lowest BCUT2D eigenvalue weighted by molar-refractivity contribution is 0.578. The third-order valence-electron chi connectivity index (χ3n) is 2.19. The molecule has 0 saturated carbocycles. The fourth-order valence-corrected chi connectivity index (χ4v) is 0.835. The maximum atomic E-state index is 3.51. The van der Waals surface area contributed by atoms with Gasteiger partial charge in [-0.1, -0.05) is 40.3 Å². The summed E-state index contributed by atoms with van der Waals surface area (Å²) >= 11 is 0. The Hall–Kier alpha value is 0.0249. The van der Waals surface area contributed by atoms with Crippen LogP contribution in [0.4, 0.5) is 0 Å². The molecule has 0 spiro atoms. The van der Waals surface area contributed by atoms with Crippen molar-refractivity contribution in [2.45, 2.75) is 46.8 Å². The molecule has 2 heteroatoms. The van der Waals surface area contributed by atoms with Crippen molar-refractivity contribution in [1.29, 1.82) is 0 Å². The van der Waals surface area contributed by atoms with Gasteiger partial charge >= 0.3 is 0 Å². The maximum absolute atomic E-state index is 3.51. The molecule has 0 aromatic carbocycles. The molecule has 0 saturated heterocycles. The molecule has 1 N–H and O–H groups in total. The van der Waals surface area contributed by atoms with Crippen molar-refractivity contribution in [2.24, 2.45) is 5.92 Å². The van der Waals surface area contributed by atoms with Crippen molar-refractivity contribution in [3.8, 4) is 0 Å². The first kappa shape index (κ1) is 11.0. The standard InChI is InChI=1S/C9H22BN/c1-8(2)6-7-11-10(5)9(3)4/h8-9,11H,6-7H2,1-5H3. The lowest BCUT2D eigenvalue weighted by atomic mass is 9.55. The molecule has 0 aliphatic rings. The predicted octanol–water partition coefficient (Wildman–Crippen LogP) is 2.65. The lowest BCUT2D eigenvalue weighted by Gasteiger charge is -2.14. The molecule has 0 amide bonds. The zero-order chi connectivity index (χ0) is 8.85. The van der Waals surface area contributed by atoms with Crippen molar-refractivity contribution >= 4 is 6.85 Å². The smallest absolute Gasteiger partial charge is 0.219 e. The van der Waals surface area contributed by atoms with Crippen LogP contribution < -0.4 is 5.23 Å². The van der Waals surface area contributed by atoms with E-state index in [1.807, 2.05) is 0 Å². The van der Waals surface area contributed by atoms with Crippen LogP contribution in [0.2, 0.25) is 12.6 Å². The summed E-state index contributed by atoms with van der Waals surface area (Å²) in [5.74, 6) is 1.57. The first-order valence-electron chi connectivity index (χ1n) is 4.77. The average molecular weight is 155 g/mol. The molecule has 0 aromatic heterocycles. The number of nitrogens with one attached hydrogen (secondary N) is 1. The lowest BCUT2D eigenvalue weighted by Crippen LogP contribution is -2.34. The molecule has 0 rings (SSSR count). The van der Waals surface area contributed by atoms with Crippen LogP contribution in [0.15, 0.2) is 0 Å². The average Bonchev–Trinajstić information content (AvgIpc) is 1.86. The summed E-state index contributed by atoms with van der Waals surface area (Å²) in [4.78, 5) is 0. The molecule has 0 aromatic rings. The van der Waals surface area contributed by atoms with Crippen LogP contribution in [-0.2, 0) is 0 Å². The Morgan fingerprint density at radius 1 is 1.18 bits per heavy atom. The Morgan fingerprint density at radius 3 is 2.09 bits per heavy atom. The maximum Gasteiger partial charge on any atom is 0.219 e. The van der Waals surface area contributed by atoms with E-state index >= 15 is 0 Å². The van der Waals surface area contributed by atoms with E-state index in [2.05, 4.69) is 39.7 Å². The second kappa shape index (κ2) is 5.65. The minimum atomic E-state index is 0.661. The minimum Gasteiger partial charge on any atom is -0.356 e. The highest BCUT2D eigenvalue weighted by Gasteiger charge is 2.10. The quantitative estimate of drug-likeness (QED) is 0.602. The summed E-state index contributed by atoms with van der Waals surface area (Å²) in [5.41, 5.74) is 0. The fourth-order valence-electron chi connectivity index (χ4n) is 0.835. The van der Waals surface area contributed by atoms with Crippen molar-refractivity contribution in [3.63, 3.8) is 0 Å². The van der Waals surface area contributed by atoms with Crippen molar-refractivity contribution < 1.29 is 0 Å². The van der Waals surface area contributed by atoms with E-state index in [1.165, 1.54) is 6.42 Å². The van der Waals surface area contributed by atoms with Gasteiger partial charge in [-0.05, 0) is 18.9 Å². The van der Waals surface area contributed by atoms with Crippen LogP contribution in [0.5, 0.6) is 0 Å². The van der Waals surface area contributed by atoms with Crippen LogP contribution >= 0.6 is 0 Å². The Labute approximate surface area is 72.1 Å².